The Morgan fingerprint density at radius 2 is 2.05 bits per heavy atom. The van der Waals surface area contributed by atoms with E-state index in [1.54, 1.807) is 30.0 Å². The van der Waals surface area contributed by atoms with Crippen LogP contribution in [-0.2, 0) is 4.79 Å². The van der Waals surface area contributed by atoms with Crippen molar-refractivity contribution in [2.45, 2.75) is 11.8 Å². The average Bonchev–Trinajstić information content (AvgIpc) is 2.91. The molecule has 0 saturated carbocycles. The fraction of sp³-hybridized carbons (Fsp3) is 0.429. The molecule has 2 aromatic rings. The zero-order chi connectivity index (χ0) is 14.1. The molecule has 1 fully saturated rings. The molecule has 6 heteroatoms. The minimum Gasteiger partial charge on any atom is -0.345 e. The third kappa shape index (κ3) is 2.50. The van der Waals surface area contributed by atoms with Crippen molar-refractivity contribution in [3.05, 3.63) is 18.2 Å². The monoisotopic (exact) mass is 307 g/mol. The molecule has 1 amide bonds. The molecule has 2 heterocycles. The van der Waals surface area contributed by atoms with E-state index in [0.717, 1.165) is 36.8 Å². The van der Waals surface area contributed by atoms with E-state index in [1.807, 2.05) is 4.90 Å². The van der Waals surface area contributed by atoms with Crippen molar-refractivity contribution in [2.24, 2.45) is 0 Å². The maximum atomic E-state index is 11.4. The van der Waals surface area contributed by atoms with Crippen molar-refractivity contribution >= 4 is 44.4 Å². The summed E-state index contributed by atoms with van der Waals surface area (Å²) in [6, 6.07) is 6.33. The summed E-state index contributed by atoms with van der Waals surface area (Å²) < 4.78 is 1.24. The summed E-state index contributed by atoms with van der Waals surface area (Å²) in [5.41, 5.74) is 1.11. The SMILES string of the molecule is CSc1cccc2sc(N3CCN(C(C)=O)CC3)nc12. The first-order chi connectivity index (χ1) is 9.69. The quantitative estimate of drug-likeness (QED) is 0.799. The Kier molecular flexibility index (Phi) is 3.85. The molecule has 1 aliphatic heterocycles. The molecule has 1 saturated heterocycles. The van der Waals surface area contributed by atoms with Crippen LogP contribution in [0.2, 0.25) is 0 Å². The van der Waals surface area contributed by atoms with Crippen molar-refractivity contribution < 1.29 is 4.79 Å². The number of anilines is 1. The van der Waals surface area contributed by atoms with Crippen LogP contribution in [0.15, 0.2) is 23.1 Å². The molecule has 20 heavy (non-hydrogen) atoms. The Morgan fingerprint density at radius 3 is 2.70 bits per heavy atom. The van der Waals surface area contributed by atoms with Crippen LogP contribution in [0.25, 0.3) is 10.2 Å². The van der Waals surface area contributed by atoms with Crippen LogP contribution in [0.3, 0.4) is 0 Å². The van der Waals surface area contributed by atoms with Gasteiger partial charge in [0, 0.05) is 38.0 Å². The number of fused-ring (bicyclic) bond motifs is 1. The van der Waals surface area contributed by atoms with Gasteiger partial charge in [0.1, 0.15) is 0 Å². The van der Waals surface area contributed by atoms with Crippen molar-refractivity contribution in [2.75, 3.05) is 37.3 Å². The minimum absolute atomic E-state index is 0.165. The molecular formula is C14H17N3OS2. The van der Waals surface area contributed by atoms with Crippen molar-refractivity contribution in [3.8, 4) is 0 Å². The number of aromatic nitrogens is 1. The van der Waals surface area contributed by atoms with Gasteiger partial charge in [-0.25, -0.2) is 4.98 Å². The highest BCUT2D eigenvalue weighted by molar-refractivity contribution is 7.98. The molecule has 0 atom stereocenters. The zero-order valence-corrected chi connectivity index (χ0v) is 13.3. The van der Waals surface area contributed by atoms with Gasteiger partial charge in [-0.1, -0.05) is 17.4 Å². The largest absolute Gasteiger partial charge is 0.345 e. The highest BCUT2D eigenvalue weighted by Gasteiger charge is 2.21. The number of carbonyl (C=O) groups is 1. The molecule has 3 rings (SSSR count). The van der Waals surface area contributed by atoms with Gasteiger partial charge in [-0.2, -0.15) is 0 Å². The summed E-state index contributed by atoms with van der Waals surface area (Å²) in [5, 5.41) is 1.07. The molecule has 0 radical (unpaired) electrons. The second-order valence-corrected chi connectivity index (χ2v) is 6.65. The Morgan fingerprint density at radius 1 is 1.30 bits per heavy atom. The van der Waals surface area contributed by atoms with Crippen LogP contribution in [0, 0.1) is 0 Å². The number of piperazine rings is 1. The van der Waals surface area contributed by atoms with Gasteiger partial charge in [-0.3, -0.25) is 4.79 Å². The van der Waals surface area contributed by atoms with Gasteiger partial charge in [0.05, 0.1) is 10.2 Å². The number of rotatable bonds is 2. The molecule has 0 bridgehead atoms. The third-order valence-corrected chi connectivity index (χ3v) is 5.44. The van der Waals surface area contributed by atoms with Crippen LogP contribution in [0.1, 0.15) is 6.92 Å². The summed E-state index contributed by atoms with van der Waals surface area (Å²) in [7, 11) is 0. The van der Waals surface area contributed by atoms with Gasteiger partial charge >= 0.3 is 0 Å². The topological polar surface area (TPSA) is 36.4 Å². The fourth-order valence-corrected chi connectivity index (χ4v) is 4.10. The van der Waals surface area contributed by atoms with E-state index in [1.165, 1.54) is 9.60 Å². The molecular weight excluding hydrogens is 290 g/mol. The van der Waals surface area contributed by atoms with Crippen LogP contribution in [0.4, 0.5) is 5.13 Å². The normalized spacial score (nSPS) is 15.9. The number of hydrogen-bond donors (Lipinski definition) is 0. The van der Waals surface area contributed by atoms with Crippen molar-refractivity contribution in [1.82, 2.24) is 9.88 Å². The second-order valence-electron chi connectivity index (χ2n) is 4.80. The average molecular weight is 307 g/mol. The van der Waals surface area contributed by atoms with Gasteiger partial charge in [-0.15, -0.1) is 11.8 Å². The van der Waals surface area contributed by atoms with Crippen LogP contribution >= 0.6 is 23.1 Å². The minimum atomic E-state index is 0.165. The predicted molar refractivity (Wildman–Crippen MR) is 85.9 cm³/mol. The highest BCUT2D eigenvalue weighted by atomic mass is 32.2. The van der Waals surface area contributed by atoms with E-state index in [2.05, 4.69) is 29.4 Å². The van der Waals surface area contributed by atoms with E-state index in [4.69, 9.17) is 4.98 Å². The highest BCUT2D eigenvalue weighted by Crippen LogP contribution is 2.34. The zero-order valence-electron chi connectivity index (χ0n) is 11.6. The standard InChI is InChI=1S/C14H17N3OS2/c1-10(18)16-6-8-17(9-7-16)14-15-13-11(19-2)4-3-5-12(13)20-14/h3-5H,6-9H2,1-2H3. The molecule has 106 valence electrons. The Hall–Kier alpha value is -1.27. The maximum absolute atomic E-state index is 11.4. The summed E-state index contributed by atoms with van der Waals surface area (Å²) >= 11 is 3.48. The molecule has 0 N–H and O–H groups in total. The lowest BCUT2D eigenvalue weighted by molar-refractivity contribution is -0.129. The number of thioether (sulfide) groups is 1. The van der Waals surface area contributed by atoms with Crippen LogP contribution in [-0.4, -0.2) is 48.2 Å². The molecule has 4 nitrogen and oxygen atoms in total. The number of benzene rings is 1. The van der Waals surface area contributed by atoms with Crippen molar-refractivity contribution in [3.63, 3.8) is 0 Å². The van der Waals surface area contributed by atoms with Gasteiger partial charge in [0.2, 0.25) is 5.91 Å². The molecule has 1 aromatic heterocycles. The van der Waals surface area contributed by atoms with Gasteiger partial charge in [-0.05, 0) is 18.4 Å². The Labute approximate surface area is 126 Å². The smallest absolute Gasteiger partial charge is 0.219 e. The van der Waals surface area contributed by atoms with Gasteiger partial charge in [0.25, 0.3) is 0 Å². The molecule has 0 unspecified atom stereocenters. The van der Waals surface area contributed by atoms with E-state index < -0.39 is 0 Å². The van der Waals surface area contributed by atoms with Crippen molar-refractivity contribution in [1.29, 1.82) is 0 Å². The number of amides is 1. The third-order valence-electron chi connectivity index (χ3n) is 3.59. The summed E-state index contributed by atoms with van der Waals surface area (Å²) in [5.74, 6) is 0.165. The van der Waals surface area contributed by atoms with E-state index in [0.29, 0.717) is 0 Å². The van der Waals surface area contributed by atoms with E-state index in [9.17, 15) is 4.79 Å². The van der Waals surface area contributed by atoms with Crippen LogP contribution in [0.5, 0.6) is 0 Å². The van der Waals surface area contributed by atoms with Crippen LogP contribution < -0.4 is 4.90 Å². The first kappa shape index (κ1) is 13.7. The number of carbonyl (C=O) groups excluding carboxylic acids is 1. The number of hydrogen-bond acceptors (Lipinski definition) is 5. The molecule has 0 aliphatic carbocycles. The summed E-state index contributed by atoms with van der Waals surface area (Å²) in [4.78, 5) is 21.6. The lowest BCUT2D eigenvalue weighted by Crippen LogP contribution is -2.48. The molecule has 0 spiro atoms. The van der Waals surface area contributed by atoms with Gasteiger partial charge in [0.15, 0.2) is 5.13 Å². The Balaban J connectivity index is 1.83. The number of thiazole rings is 1. The van der Waals surface area contributed by atoms with Gasteiger partial charge < -0.3 is 9.80 Å². The fourth-order valence-electron chi connectivity index (χ4n) is 2.42. The molecule has 1 aliphatic rings. The lowest BCUT2D eigenvalue weighted by Gasteiger charge is -2.33. The van der Waals surface area contributed by atoms with E-state index >= 15 is 0 Å². The first-order valence-electron chi connectivity index (χ1n) is 6.63. The summed E-state index contributed by atoms with van der Waals surface area (Å²) in [6.07, 6.45) is 2.08. The second kappa shape index (κ2) is 5.61. The van der Waals surface area contributed by atoms with E-state index in [-0.39, 0.29) is 5.91 Å². The Bertz CT molecular complexity index is 632. The predicted octanol–water partition coefficient (Wildman–Crippen LogP) is 2.69. The first-order valence-corrected chi connectivity index (χ1v) is 8.67. The number of nitrogens with zero attached hydrogens (tertiary/aromatic N) is 3. The molecule has 1 aromatic carbocycles. The lowest BCUT2D eigenvalue weighted by atomic mass is 10.3. The maximum Gasteiger partial charge on any atom is 0.219 e. The number of para-hydroxylation sites is 1. The summed E-state index contributed by atoms with van der Waals surface area (Å²) in [6.45, 7) is 4.96.